The Labute approximate surface area is 178 Å². The molecule has 0 unspecified atom stereocenters. The summed E-state index contributed by atoms with van der Waals surface area (Å²) >= 11 is 0. The molecule has 9 heteroatoms. The molecular formula is C23H10F4N4O. The molecule has 32 heavy (non-hydrogen) atoms. The first-order valence-electron chi connectivity index (χ1n) is 9.28. The minimum absolute atomic E-state index is 0.0854. The van der Waals surface area contributed by atoms with Crippen molar-refractivity contribution in [1.29, 1.82) is 5.26 Å². The van der Waals surface area contributed by atoms with Crippen molar-refractivity contribution >= 4 is 16.7 Å². The third-order valence-electron chi connectivity index (χ3n) is 4.94. The van der Waals surface area contributed by atoms with Crippen LogP contribution in [0.3, 0.4) is 0 Å². The second-order valence-electron chi connectivity index (χ2n) is 6.92. The summed E-state index contributed by atoms with van der Waals surface area (Å²) in [7, 11) is 0. The van der Waals surface area contributed by atoms with E-state index in [1.54, 1.807) is 24.4 Å². The number of alkyl halides is 3. The number of rotatable bonds is 2. The predicted molar refractivity (Wildman–Crippen MR) is 108 cm³/mol. The number of hydrogen-bond donors (Lipinski definition) is 0. The highest BCUT2D eigenvalue weighted by Crippen LogP contribution is 2.37. The van der Waals surface area contributed by atoms with Crippen LogP contribution in [0.4, 0.5) is 17.6 Å². The molecular weight excluding hydrogens is 424 g/mol. The summed E-state index contributed by atoms with van der Waals surface area (Å²) in [4.78, 5) is 13.1. The topological polar surface area (TPSA) is 71.2 Å². The molecule has 0 radical (unpaired) electrons. The maximum atomic E-state index is 13.8. The molecule has 4 aromatic rings. The number of nitrogens with zero attached hydrogens (tertiary/aromatic N) is 4. The highest BCUT2D eigenvalue weighted by atomic mass is 19.4. The van der Waals surface area contributed by atoms with Crippen LogP contribution < -0.4 is 4.74 Å². The fourth-order valence-electron chi connectivity index (χ4n) is 3.56. The zero-order valence-electron chi connectivity index (χ0n) is 16.0. The molecule has 1 aromatic heterocycles. The van der Waals surface area contributed by atoms with E-state index in [4.69, 9.17) is 10.00 Å². The smallest absolute Gasteiger partial charge is 0.419 e. The van der Waals surface area contributed by atoms with Gasteiger partial charge in [-0.05, 0) is 24.3 Å². The first-order valence-corrected chi connectivity index (χ1v) is 9.28. The van der Waals surface area contributed by atoms with E-state index in [1.165, 1.54) is 0 Å². The van der Waals surface area contributed by atoms with E-state index in [0.29, 0.717) is 40.3 Å². The van der Waals surface area contributed by atoms with Crippen molar-refractivity contribution < 1.29 is 22.3 Å². The molecule has 3 aromatic carbocycles. The van der Waals surface area contributed by atoms with Crippen molar-refractivity contribution in [1.82, 2.24) is 9.97 Å². The third-order valence-corrected chi connectivity index (χ3v) is 4.94. The van der Waals surface area contributed by atoms with E-state index in [1.807, 2.05) is 24.3 Å². The molecule has 0 spiro atoms. The van der Waals surface area contributed by atoms with Gasteiger partial charge >= 0.3 is 6.18 Å². The largest absolute Gasteiger partial charge is 0.457 e. The van der Waals surface area contributed by atoms with E-state index in [2.05, 4.69) is 15.0 Å². The molecule has 0 atom stereocenters. The molecule has 0 N–H and O–H groups in total. The monoisotopic (exact) mass is 434 g/mol. The number of aliphatic imine (C=N–C) groups is 1. The third kappa shape index (κ3) is 3.22. The van der Waals surface area contributed by atoms with Gasteiger partial charge in [0, 0.05) is 23.3 Å². The van der Waals surface area contributed by atoms with Gasteiger partial charge in [0.2, 0.25) is 6.19 Å². The highest BCUT2D eigenvalue weighted by molar-refractivity contribution is 6.23. The Morgan fingerprint density at radius 1 is 0.844 bits per heavy atom. The number of nitriles is 1. The molecule has 1 heterocycles. The van der Waals surface area contributed by atoms with Gasteiger partial charge in [0.15, 0.2) is 0 Å². The molecule has 0 fully saturated rings. The van der Waals surface area contributed by atoms with Gasteiger partial charge in [-0.1, -0.05) is 24.3 Å². The summed E-state index contributed by atoms with van der Waals surface area (Å²) in [6.07, 6.45) is -2.99. The van der Waals surface area contributed by atoms with Crippen LogP contribution >= 0.6 is 0 Å². The van der Waals surface area contributed by atoms with Crippen molar-refractivity contribution in [2.24, 2.45) is 4.99 Å². The van der Waals surface area contributed by atoms with E-state index >= 15 is 0 Å². The number of fused-ring (bicyclic) bond motifs is 4. The van der Waals surface area contributed by atoms with Crippen LogP contribution in [0.2, 0.25) is 0 Å². The summed E-state index contributed by atoms with van der Waals surface area (Å²) in [6, 6.07) is 14.4. The molecule has 0 bridgehead atoms. The maximum Gasteiger partial charge on any atom is 0.419 e. The van der Waals surface area contributed by atoms with Crippen LogP contribution in [0, 0.1) is 17.3 Å². The molecule has 5 rings (SSSR count). The van der Waals surface area contributed by atoms with E-state index in [-0.39, 0.29) is 11.5 Å². The minimum Gasteiger partial charge on any atom is -0.457 e. The molecule has 1 aliphatic rings. The summed E-state index contributed by atoms with van der Waals surface area (Å²) in [5.74, 6) is -1.25. The number of ether oxygens (including phenoxy) is 1. The van der Waals surface area contributed by atoms with E-state index in [9.17, 15) is 17.6 Å². The summed E-state index contributed by atoms with van der Waals surface area (Å²) < 4.78 is 57.6. The fourth-order valence-corrected chi connectivity index (χ4v) is 3.56. The van der Waals surface area contributed by atoms with Crippen molar-refractivity contribution in [3.05, 3.63) is 83.3 Å². The van der Waals surface area contributed by atoms with Crippen molar-refractivity contribution in [2.75, 3.05) is 0 Å². The lowest BCUT2D eigenvalue weighted by Gasteiger charge is -2.11. The van der Waals surface area contributed by atoms with Gasteiger partial charge in [0.1, 0.15) is 28.7 Å². The summed E-state index contributed by atoms with van der Waals surface area (Å²) in [5, 5.41) is 9.06. The van der Waals surface area contributed by atoms with Gasteiger partial charge in [0.25, 0.3) is 0 Å². The summed E-state index contributed by atoms with van der Waals surface area (Å²) in [6.45, 7) is 0. The average molecular weight is 434 g/mol. The Kier molecular flexibility index (Phi) is 4.37. The van der Waals surface area contributed by atoms with Crippen LogP contribution in [0.1, 0.15) is 16.8 Å². The first-order chi connectivity index (χ1) is 15.3. The lowest BCUT2D eigenvalue weighted by atomic mass is 10.1. The Balaban J connectivity index is 1.55. The van der Waals surface area contributed by atoms with Crippen LogP contribution in [0.15, 0.2) is 65.7 Å². The number of halogens is 4. The Morgan fingerprint density at radius 2 is 1.53 bits per heavy atom. The quantitative estimate of drug-likeness (QED) is 0.257. The molecule has 0 amide bonds. The zero-order valence-corrected chi connectivity index (χ0v) is 16.0. The predicted octanol–water partition coefficient (Wildman–Crippen LogP) is 5.88. The van der Waals surface area contributed by atoms with E-state index in [0.717, 1.165) is 17.2 Å². The minimum atomic E-state index is -4.79. The van der Waals surface area contributed by atoms with Gasteiger partial charge < -0.3 is 4.74 Å². The second-order valence-corrected chi connectivity index (χ2v) is 6.92. The standard InChI is InChI=1S/C23H10F4N4O/c24-17-9-12(5-7-16(17)23(25,26)27)32-13-6-8-18-19(10-13)31-21-15-4-2-1-3-14(15)20(29-11-28)22(21)30-18/h1-10H. The zero-order chi connectivity index (χ0) is 22.5. The number of hydrogen-bond acceptors (Lipinski definition) is 5. The first kappa shape index (κ1) is 19.6. The Bertz CT molecular complexity index is 1470. The van der Waals surface area contributed by atoms with Crippen molar-refractivity contribution in [2.45, 2.75) is 6.18 Å². The van der Waals surface area contributed by atoms with Gasteiger partial charge in [-0.25, -0.2) is 14.4 Å². The lowest BCUT2D eigenvalue weighted by molar-refractivity contribution is -0.140. The number of benzene rings is 3. The van der Waals surface area contributed by atoms with Gasteiger partial charge in [-0.2, -0.15) is 23.4 Å². The van der Waals surface area contributed by atoms with Crippen LogP contribution in [-0.4, -0.2) is 15.7 Å². The van der Waals surface area contributed by atoms with E-state index < -0.39 is 17.6 Å². The molecule has 0 aliphatic heterocycles. The normalized spacial score (nSPS) is 13.7. The van der Waals surface area contributed by atoms with Crippen molar-refractivity contribution in [3.63, 3.8) is 0 Å². The fraction of sp³-hybridized carbons (Fsp3) is 0.0435. The second kappa shape index (κ2) is 7.13. The van der Waals surface area contributed by atoms with Crippen LogP contribution in [-0.2, 0) is 6.18 Å². The molecule has 0 saturated carbocycles. The highest BCUT2D eigenvalue weighted by Gasteiger charge is 2.34. The SMILES string of the molecule is N#CN=C1c2ccccc2-c2nc3cc(Oc4ccc(C(F)(F)F)c(F)c4)ccc3nc21. The molecule has 5 nitrogen and oxygen atoms in total. The molecule has 156 valence electrons. The average Bonchev–Trinajstić information content (AvgIpc) is 3.05. The maximum absolute atomic E-state index is 13.8. The van der Waals surface area contributed by atoms with Gasteiger partial charge in [0.05, 0.1) is 22.3 Å². The van der Waals surface area contributed by atoms with Crippen LogP contribution in [0.25, 0.3) is 22.3 Å². The Morgan fingerprint density at radius 3 is 2.25 bits per heavy atom. The van der Waals surface area contributed by atoms with Crippen LogP contribution in [0.5, 0.6) is 11.5 Å². The molecule has 1 aliphatic carbocycles. The van der Waals surface area contributed by atoms with Gasteiger partial charge in [-0.15, -0.1) is 0 Å². The number of aromatic nitrogens is 2. The van der Waals surface area contributed by atoms with Gasteiger partial charge in [-0.3, -0.25) is 0 Å². The molecule has 0 saturated heterocycles. The Hall–Kier alpha value is -4.32. The van der Waals surface area contributed by atoms with Crippen molar-refractivity contribution in [3.8, 4) is 28.9 Å². The lowest BCUT2D eigenvalue weighted by Crippen LogP contribution is -2.07. The summed E-state index contributed by atoms with van der Waals surface area (Å²) in [5.41, 5.74) is 2.61.